The Morgan fingerprint density at radius 2 is 2.23 bits per heavy atom. The van der Waals surface area contributed by atoms with E-state index in [0.29, 0.717) is 0 Å². The van der Waals surface area contributed by atoms with E-state index >= 15 is 0 Å². The molecule has 1 heterocycles. The quantitative estimate of drug-likeness (QED) is 0.725. The number of nitrogens with two attached hydrogens (primary N) is 1. The van der Waals surface area contributed by atoms with Crippen LogP contribution in [-0.2, 0) is 0 Å². The van der Waals surface area contributed by atoms with Crippen molar-refractivity contribution < 1.29 is 0 Å². The van der Waals surface area contributed by atoms with Crippen LogP contribution in [0.5, 0.6) is 0 Å². The van der Waals surface area contributed by atoms with Crippen molar-refractivity contribution in [1.29, 1.82) is 0 Å². The largest absolute Gasteiger partial charge is 0.397 e. The monoisotopic (exact) mass is 177 g/mol. The van der Waals surface area contributed by atoms with Crippen molar-refractivity contribution in [2.75, 3.05) is 11.1 Å². The molecule has 1 aromatic rings. The van der Waals surface area contributed by atoms with Crippen LogP contribution in [0.4, 0.5) is 11.5 Å². The molecule has 3 N–H and O–H groups in total. The summed E-state index contributed by atoms with van der Waals surface area (Å²) < 4.78 is 0. The van der Waals surface area contributed by atoms with E-state index in [4.69, 9.17) is 5.73 Å². The molecule has 0 atom stereocenters. The summed E-state index contributed by atoms with van der Waals surface area (Å²) in [5.74, 6) is 0.937. The highest BCUT2D eigenvalue weighted by atomic mass is 15.1. The van der Waals surface area contributed by atoms with E-state index in [1.54, 1.807) is 6.20 Å². The van der Waals surface area contributed by atoms with Gasteiger partial charge in [-0.25, -0.2) is 4.98 Å². The molecule has 1 aliphatic carbocycles. The third kappa shape index (κ3) is 1.74. The number of aromatic nitrogens is 1. The van der Waals surface area contributed by atoms with Crippen LogP contribution in [0.25, 0.3) is 0 Å². The van der Waals surface area contributed by atoms with Crippen LogP contribution in [0.2, 0.25) is 0 Å². The molecule has 1 fully saturated rings. The van der Waals surface area contributed by atoms with Crippen LogP contribution < -0.4 is 11.1 Å². The Morgan fingerprint density at radius 1 is 1.54 bits per heavy atom. The van der Waals surface area contributed by atoms with E-state index in [2.05, 4.69) is 17.2 Å². The van der Waals surface area contributed by atoms with Crippen LogP contribution in [0, 0.1) is 6.92 Å². The number of nitrogens with one attached hydrogen (secondary N) is 1. The van der Waals surface area contributed by atoms with Gasteiger partial charge in [0.05, 0.1) is 11.9 Å². The Kier molecular flexibility index (Phi) is 1.68. The fraction of sp³-hybridized carbons (Fsp3) is 0.500. The molecule has 0 unspecified atom stereocenters. The van der Waals surface area contributed by atoms with E-state index in [1.807, 2.05) is 13.0 Å². The lowest BCUT2D eigenvalue weighted by atomic mass is 10.2. The lowest BCUT2D eigenvalue weighted by molar-refractivity contribution is 0.821. The van der Waals surface area contributed by atoms with Gasteiger partial charge < -0.3 is 11.1 Å². The number of anilines is 2. The second-order valence-corrected chi connectivity index (χ2v) is 4.11. The summed E-state index contributed by atoms with van der Waals surface area (Å²) in [7, 11) is 0. The van der Waals surface area contributed by atoms with Gasteiger partial charge in [-0.05, 0) is 38.3 Å². The number of nitrogen functional groups attached to an aromatic ring is 1. The number of hydrogen-bond donors (Lipinski definition) is 2. The zero-order valence-electron chi connectivity index (χ0n) is 8.09. The number of aryl methyl sites for hydroxylation is 1. The summed E-state index contributed by atoms with van der Waals surface area (Å²) in [4.78, 5) is 4.23. The molecule has 0 aromatic carbocycles. The lowest BCUT2D eigenvalue weighted by Crippen LogP contribution is -2.16. The van der Waals surface area contributed by atoms with Crippen molar-refractivity contribution in [3.05, 3.63) is 17.8 Å². The summed E-state index contributed by atoms with van der Waals surface area (Å²) >= 11 is 0. The normalized spacial score (nSPS) is 18.3. The Labute approximate surface area is 78.4 Å². The molecule has 0 spiro atoms. The maximum atomic E-state index is 5.68. The predicted octanol–water partition coefficient (Wildman–Crippen LogP) is 1.94. The Hall–Kier alpha value is -1.25. The van der Waals surface area contributed by atoms with Crippen molar-refractivity contribution in [2.24, 2.45) is 0 Å². The molecule has 0 radical (unpaired) electrons. The van der Waals surface area contributed by atoms with Crippen molar-refractivity contribution in [3.63, 3.8) is 0 Å². The first-order chi connectivity index (χ1) is 6.09. The van der Waals surface area contributed by atoms with Gasteiger partial charge in [0.2, 0.25) is 0 Å². The Balaban J connectivity index is 2.17. The summed E-state index contributed by atoms with van der Waals surface area (Å²) in [5, 5.41) is 3.39. The first-order valence-electron chi connectivity index (χ1n) is 4.59. The Bertz CT molecular complexity index is 329. The van der Waals surface area contributed by atoms with Gasteiger partial charge in [0, 0.05) is 5.54 Å². The SMILES string of the molecule is Cc1cc(NC2(C)CC2)ncc1N. The van der Waals surface area contributed by atoms with Gasteiger partial charge in [0.15, 0.2) is 0 Å². The van der Waals surface area contributed by atoms with Gasteiger partial charge >= 0.3 is 0 Å². The van der Waals surface area contributed by atoms with Gasteiger partial charge in [0.25, 0.3) is 0 Å². The van der Waals surface area contributed by atoms with Crippen LogP contribution in [0.15, 0.2) is 12.3 Å². The molecular formula is C10H15N3. The lowest BCUT2D eigenvalue weighted by Gasteiger charge is -2.12. The Morgan fingerprint density at radius 3 is 2.77 bits per heavy atom. The number of nitrogens with zero attached hydrogens (tertiary/aromatic N) is 1. The average molecular weight is 177 g/mol. The van der Waals surface area contributed by atoms with E-state index in [1.165, 1.54) is 12.8 Å². The highest BCUT2D eigenvalue weighted by molar-refractivity contribution is 5.52. The van der Waals surface area contributed by atoms with Crippen molar-refractivity contribution in [3.8, 4) is 0 Å². The zero-order chi connectivity index (χ0) is 9.47. The van der Waals surface area contributed by atoms with Gasteiger partial charge in [0.1, 0.15) is 5.82 Å². The van der Waals surface area contributed by atoms with Crippen molar-refractivity contribution in [2.45, 2.75) is 32.2 Å². The third-order valence-electron chi connectivity index (χ3n) is 2.58. The molecule has 3 heteroatoms. The second-order valence-electron chi connectivity index (χ2n) is 4.11. The second kappa shape index (κ2) is 2.62. The first-order valence-corrected chi connectivity index (χ1v) is 4.59. The summed E-state index contributed by atoms with van der Waals surface area (Å²) in [6.45, 7) is 4.21. The number of rotatable bonds is 2. The van der Waals surface area contributed by atoms with Gasteiger partial charge in [-0.2, -0.15) is 0 Å². The molecule has 1 aliphatic rings. The fourth-order valence-electron chi connectivity index (χ4n) is 1.26. The zero-order valence-corrected chi connectivity index (χ0v) is 8.09. The average Bonchev–Trinajstić information content (AvgIpc) is 2.76. The molecule has 2 rings (SSSR count). The van der Waals surface area contributed by atoms with Crippen LogP contribution in [0.1, 0.15) is 25.3 Å². The molecule has 70 valence electrons. The van der Waals surface area contributed by atoms with Gasteiger partial charge in [-0.15, -0.1) is 0 Å². The minimum atomic E-state index is 0.287. The van der Waals surface area contributed by atoms with Crippen LogP contribution >= 0.6 is 0 Å². The minimum absolute atomic E-state index is 0.287. The molecule has 1 saturated carbocycles. The maximum absolute atomic E-state index is 5.68. The molecule has 3 nitrogen and oxygen atoms in total. The summed E-state index contributed by atoms with van der Waals surface area (Å²) in [6, 6.07) is 2.00. The number of hydrogen-bond acceptors (Lipinski definition) is 3. The molecule has 1 aromatic heterocycles. The maximum Gasteiger partial charge on any atom is 0.126 e. The molecule has 0 aliphatic heterocycles. The molecule has 0 amide bonds. The molecular weight excluding hydrogens is 162 g/mol. The standard InChI is InChI=1S/C10H15N3/c1-7-5-9(12-6-8(7)11)13-10(2)3-4-10/h5-6H,3-4,11H2,1-2H3,(H,12,13). The van der Waals surface area contributed by atoms with E-state index in [0.717, 1.165) is 17.1 Å². The topological polar surface area (TPSA) is 50.9 Å². The highest BCUT2D eigenvalue weighted by Crippen LogP contribution is 2.37. The predicted molar refractivity (Wildman–Crippen MR) is 54.6 cm³/mol. The smallest absolute Gasteiger partial charge is 0.126 e. The minimum Gasteiger partial charge on any atom is -0.397 e. The first kappa shape index (κ1) is 8.35. The van der Waals surface area contributed by atoms with E-state index in [-0.39, 0.29) is 5.54 Å². The summed E-state index contributed by atoms with van der Waals surface area (Å²) in [5.41, 5.74) is 7.81. The van der Waals surface area contributed by atoms with Crippen LogP contribution in [-0.4, -0.2) is 10.5 Å². The third-order valence-corrected chi connectivity index (χ3v) is 2.58. The summed E-state index contributed by atoms with van der Waals surface area (Å²) in [6.07, 6.45) is 4.18. The van der Waals surface area contributed by atoms with E-state index < -0.39 is 0 Å². The van der Waals surface area contributed by atoms with Gasteiger partial charge in [-0.3, -0.25) is 0 Å². The van der Waals surface area contributed by atoms with Crippen molar-refractivity contribution >= 4 is 11.5 Å². The fourth-order valence-corrected chi connectivity index (χ4v) is 1.26. The van der Waals surface area contributed by atoms with E-state index in [9.17, 15) is 0 Å². The molecule has 0 bridgehead atoms. The number of pyridine rings is 1. The van der Waals surface area contributed by atoms with Crippen LogP contribution in [0.3, 0.4) is 0 Å². The molecule has 0 saturated heterocycles. The highest BCUT2D eigenvalue weighted by Gasteiger charge is 2.37. The van der Waals surface area contributed by atoms with Crippen molar-refractivity contribution in [1.82, 2.24) is 4.98 Å². The molecule has 13 heavy (non-hydrogen) atoms. The van der Waals surface area contributed by atoms with Gasteiger partial charge in [-0.1, -0.05) is 0 Å².